The highest BCUT2D eigenvalue weighted by Gasteiger charge is 2.29. The van der Waals surface area contributed by atoms with Crippen molar-refractivity contribution in [2.45, 2.75) is 51.7 Å². The number of hydrogen-bond donors (Lipinski definition) is 1. The Morgan fingerprint density at radius 1 is 1.25 bits per heavy atom. The lowest BCUT2D eigenvalue weighted by Gasteiger charge is -2.40. The molecule has 2 rings (SSSR count). The van der Waals surface area contributed by atoms with Crippen molar-refractivity contribution in [3.05, 3.63) is 35.4 Å². The molecule has 1 aliphatic heterocycles. The number of likely N-dealkylation sites (tertiary alicyclic amines) is 1. The van der Waals surface area contributed by atoms with Crippen LogP contribution in [0.5, 0.6) is 0 Å². The van der Waals surface area contributed by atoms with Gasteiger partial charge >= 0.3 is 0 Å². The molecule has 1 saturated heterocycles. The molecule has 1 N–H and O–H groups in total. The molecule has 2 unspecified atom stereocenters. The van der Waals surface area contributed by atoms with Crippen LogP contribution in [0.25, 0.3) is 0 Å². The summed E-state index contributed by atoms with van der Waals surface area (Å²) >= 11 is 0. The third-order valence-electron chi connectivity index (χ3n) is 3.96. The Balaban J connectivity index is 2.19. The van der Waals surface area contributed by atoms with Gasteiger partial charge in [0.2, 0.25) is 0 Å². The first-order valence-electron chi connectivity index (χ1n) is 7.45. The zero-order valence-electron chi connectivity index (χ0n) is 12.5. The van der Waals surface area contributed by atoms with Crippen LogP contribution in [0.2, 0.25) is 0 Å². The number of benzene rings is 1. The maximum absolute atomic E-state index is 13.4. The van der Waals surface area contributed by atoms with Crippen molar-refractivity contribution in [2.75, 3.05) is 13.1 Å². The smallest absolute Gasteiger partial charge is 0.126 e. The number of halogens is 2. The lowest BCUT2D eigenvalue weighted by molar-refractivity contribution is 0.128. The van der Waals surface area contributed by atoms with Crippen molar-refractivity contribution in [1.29, 1.82) is 0 Å². The molecule has 0 aromatic heterocycles. The molecule has 4 heteroatoms. The highest BCUT2D eigenvalue weighted by molar-refractivity contribution is 5.22. The van der Waals surface area contributed by atoms with Gasteiger partial charge in [0.05, 0.1) is 0 Å². The van der Waals surface area contributed by atoms with Gasteiger partial charge in [0, 0.05) is 30.7 Å². The lowest BCUT2D eigenvalue weighted by Crippen LogP contribution is -2.46. The fourth-order valence-corrected chi connectivity index (χ4v) is 3.13. The minimum atomic E-state index is -0.491. The molecule has 0 amide bonds. The minimum absolute atomic E-state index is 0.0928. The Hall–Kier alpha value is -1.00. The van der Waals surface area contributed by atoms with Crippen LogP contribution in [-0.4, -0.2) is 30.1 Å². The topological polar surface area (TPSA) is 15.3 Å². The third kappa shape index (κ3) is 3.76. The van der Waals surface area contributed by atoms with E-state index in [0.717, 1.165) is 37.6 Å². The first-order valence-corrected chi connectivity index (χ1v) is 7.45. The first kappa shape index (κ1) is 15.4. The molecule has 1 fully saturated rings. The van der Waals surface area contributed by atoms with E-state index in [2.05, 4.69) is 31.0 Å². The normalized spacial score (nSPS) is 24.3. The van der Waals surface area contributed by atoms with E-state index >= 15 is 0 Å². The average molecular weight is 282 g/mol. The summed E-state index contributed by atoms with van der Waals surface area (Å²) < 4.78 is 26.9. The Kier molecular flexibility index (Phi) is 5.11. The molecule has 1 aromatic carbocycles. The molecule has 0 spiro atoms. The second-order valence-corrected chi connectivity index (χ2v) is 5.89. The number of piperidine rings is 1. The summed E-state index contributed by atoms with van der Waals surface area (Å²) in [6.07, 6.45) is 1.98. The lowest BCUT2D eigenvalue weighted by atomic mass is 9.91. The predicted octanol–water partition coefficient (Wildman–Crippen LogP) is 3.49. The van der Waals surface area contributed by atoms with Crippen molar-refractivity contribution in [3.8, 4) is 0 Å². The van der Waals surface area contributed by atoms with E-state index in [1.54, 1.807) is 0 Å². The zero-order chi connectivity index (χ0) is 14.7. The molecular weight excluding hydrogens is 258 g/mol. The maximum Gasteiger partial charge on any atom is 0.126 e. The molecule has 112 valence electrons. The van der Waals surface area contributed by atoms with Crippen LogP contribution >= 0.6 is 0 Å². The van der Waals surface area contributed by atoms with Gasteiger partial charge in [0.15, 0.2) is 0 Å². The fraction of sp³-hybridized carbons (Fsp3) is 0.625. The first-order chi connectivity index (χ1) is 9.49. The molecule has 0 saturated carbocycles. The largest absolute Gasteiger partial charge is 0.312 e. The second-order valence-electron chi connectivity index (χ2n) is 5.89. The van der Waals surface area contributed by atoms with E-state index in [-0.39, 0.29) is 6.04 Å². The van der Waals surface area contributed by atoms with Gasteiger partial charge in [0.1, 0.15) is 11.6 Å². The SMILES string of the molecule is CCN1CCC(NC(C)C)CC1c1cc(F)cc(F)c1. The van der Waals surface area contributed by atoms with Crippen LogP contribution in [0, 0.1) is 11.6 Å². The highest BCUT2D eigenvalue weighted by atomic mass is 19.1. The number of hydrogen-bond acceptors (Lipinski definition) is 2. The summed E-state index contributed by atoms with van der Waals surface area (Å²) in [6.45, 7) is 8.21. The molecule has 0 radical (unpaired) electrons. The summed E-state index contributed by atoms with van der Waals surface area (Å²) in [7, 11) is 0. The van der Waals surface area contributed by atoms with Gasteiger partial charge in [-0.3, -0.25) is 4.90 Å². The Morgan fingerprint density at radius 2 is 1.90 bits per heavy atom. The highest BCUT2D eigenvalue weighted by Crippen LogP contribution is 2.31. The van der Waals surface area contributed by atoms with Gasteiger partial charge < -0.3 is 5.32 Å². The standard InChI is InChI=1S/C16H24F2N2/c1-4-20-6-5-15(19-11(2)3)10-16(20)12-7-13(17)9-14(18)8-12/h7-9,11,15-16,19H,4-6,10H2,1-3H3. The average Bonchev–Trinajstić information content (AvgIpc) is 2.36. The molecule has 1 aliphatic rings. The van der Waals surface area contributed by atoms with Crippen molar-refractivity contribution >= 4 is 0 Å². The summed E-state index contributed by atoms with van der Waals surface area (Å²) in [5.41, 5.74) is 0.750. The summed E-state index contributed by atoms with van der Waals surface area (Å²) in [4.78, 5) is 2.30. The van der Waals surface area contributed by atoms with Gasteiger partial charge in [-0.2, -0.15) is 0 Å². The van der Waals surface area contributed by atoms with Crippen LogP contribution < -0.4 is 5.32 Å². The summed E-state index contributed by atoms with van der Waals surface area (Å²) in [6, 6.07) is 4.80. The van der Waals surface area contributed by atoms with E-state index in [1.165, 1.54) is 12.1 Å². The minimum Gasteiger partial charge on any atom is -0.312 e. The number of nitrogens with one attached hydrogen (secondary N) is 1. The van der Waals surface area contributed by atoms with E-state index in [9.17, 15) is 8.78 Å². The maximum atomic E-state index is 13.4. The summed E-state index contributed by atoms with van der Waals surface area (Å²) in [5.74, 6) is -0.981. The molecular formula is C16H24F2N2. The van der Waals surface area contributed by atoms with Crippen molar-refractivity contribution < 1.29 is 8.78 Å². The van der Waals surface area contributed by atoms with Crippen LogP contribution in [0.1, 0.15) is 45.2 Å². The van der Waals surface area contributed by atoms with Gasteiger partial charge in [-0.15, -0.1) is 0 Å². The van der Waals surface area contributed by atoms with Crippen LogP contribution in [0.15, 0.2) is 18.2 Å². The Morgan fingerprint density at radius 3 is 2.45 bits per heavy atom. The van der Waals surface area contributed by atoms with Gasteiger partial charge in [-0.05, 0) is 37.1 Å². The second kappa shape index (κ2) is 6.64. The Labute approximate surface area is 120 Å². The van der Waals surface area contributed by atoms with E-state index in [4.69, 9.17) is 0 Å². The fourth-order valence-electron chi connectivity index (χ4n) is 3.13. The van der Waals surface area contributed by atoms with Crippen LogP contribution in [0.3, 0.4) is 0 Å². The predicted molar refractivity (Wildman–Crippen MR) is 77.6 cm³/mol. The summed E-state index contributed by atoms with van der Waals surface area (Å²) in [5, 5.41) is 3.54. The molecule has 2 atom stereocenters. The molecule has 2 nitrogen and oxygen atoms in total. The quantitative estimate of drug-likeness (QED) is 0.909. The molecule has 1 heterocycles. The third-order valence-corrected chi connectivity index (χ3v) is 3.96. The van der Waals surface area contributed by atoms with Crippen LogP contribution in [-0.2, 0) is 0 Å². The van der Waals surface area contributed by atoms with E-state index in [1.807, 2.05) is 0 Å². The Bertz CT molecular complexity index is 428. The van der Waals surface area contributed by atoms with E-state index in [0.29, 0.717) is 12.1 Å². The van der Waals surface area contributed by atoms with Crippen LogP contribution in [0.4, 0.5) is 8.78 Å². The van der Waals surface area contributed by atoms with Crippen molar-refractivity contribution in [2.24, 2.45) is 0 Å². The molecule has 0 aliphatic carbocycles. The van der Waals surface area contributed by atoms with Gasteiger partial charge in [-0.1, -0.05) is 20.8 Å². The molecule has 1 aromatic rings. The van der Waals surface area contributed by atoms with E-state index < -0.39 is 11.6 Å². The van der Waals surface area contributed by atoms with Crippen molar-refractivity contribution in [3.63, 3.8) is 0 Å². The monoisotopic (exact) mass is 282 g/mol. The van der Waals surface area contributed by atoms with Gasteiger partial charge in [0.25, 0.3) is 0 Å². The molecule has 0 bridgehead atoms. The van der Waals surface area contributed by atoms with Gasteiger partial charge in [-0.25, -0.2) is 8.78 Å². The number of rotatable bonds is 4. The van der Waals surface area contributed by atoms with Crippen molar-refractivity contribution in [1.82, 2.24) is 10.2 Å². The zero-order valence-corrected chi connectivity index (χ0v) is 12.5. The molecule has 20 heavy (non-hydrogen) atoms. The number of nitrogens with zero attached hydrogens (tertiary/aromatic N) is 1.